The number of fused-ring (bicyclic) bond motifs is 2. The van der Waals surface area contributed by atoms with Gasteiger partial charge in [0.2, 0.25) is 0 Å². The van der Waals surface area contributed by atoms with E-state index in [1.54, 1.807) is 12.4 Å². The highest BCUT2D eigenvalue weighted by Crippen LogP contribution is 2.37. The number of nitrogens with zero attached hydrogens (tertiary/aromatic N) is 4. The summed E-state index contributed by atoms with van der Waals surface area (Å²) in [5.41, 5.74) is 3.81. The van der Waals surface area contributed by atoms with Crippen molar-refractivity contribution in [2.24, 2.45) is 0 Å². The number of pyridine rings is 2. The van der Waals surface area contributed by atoms with E-state index in [0.29, 0.717) is 12.3 Å². The van der Waals surface area contributed by atoms with E-state index < -0.39 is 0 Å². The van der Waals surface area contributed by atoms with Crippen LogP contribution in [0.1, 0.15) is 31.8 Å². The van der Waals surface area contributed by atoms with Gasteiger partial charge in [0, 0.05) is 30.2 Å². The Bertz CT molecular complexity index is 1140. The van der Waals surface area contributed by atoms with Gasteiger partial charge in [0.1, 0.15) is 6.61 Å². The highest BCUT2D eigenvalue weighted by atomic mass is 16.6. The fourth-order valence-electron chi connectivity index (χ4n) is 3.61. The van der Waals surface area contributed by atoms with Crippen molar-refractivity contribution in [1.29, 1.82) is 0 Å². The predicted molar refractivity (Wildman–Crippen MR) is 106 cm³/mol. The monoisotopic (exact) mass is 372 g/mol. The van der Waals surface area contributed by atoms with Gasteiger partial charge in [-0.1, -0.05) is 12.1 Å². The largest absolute Gasteiger partial charge is 0.485 e. The molecular weight excluding hydrogens is 352 g/mol. The van der Waals surface area contributed by atoms with Crippen molar-refractivity contribution in [1.82, 2.24) is 19.5 Å². The lowest BCUT2D eigenvalue weighted by molar-refractivity contribution is 0.0820. The Hall–Kier alpha value is -3.41. The minimum Gasteiger partial charge on any atom is -0.485 e. The van der Waals surface area contributed by atoms with E-state index in [2.05, 4.69) is 34.4 Å². The second-order valence-electron chi connectivity index (χ2n) is 7.10. The van der Waals surface area contributed by atoms with Crippen molar-refractivity contribution >= 4 is 11.2 Å². The molecule has 0 amide bonds. The highest BCUT2D eigenvalue weighted by Gasteiger charge is 2.29. The molecule has 0 bridgehead atoms. The molecule has 0 radical (unpaired) electrons. The third-order valence-corrected chi connectivity index (χ3v) is 4.90. The van der Waals surface area contributed by atoms with Crippen molar-refractivity contribution in [2.75, 3.05) is 6.61 Å². The Morgan fingerprint density at radius 3 is 2.61 bits per heavy atom. The van der Waals surface area contributed by atoms with Crippen LogP contribution in [0, 0.1) is 0 Å². The number of benzene rings is 1. The lowest BCUT2D eigenvalue weighted by Gasteiger charge is -2.27. The average Bonchev–Trinajstić information content (AvgIpc) is 3.13. The molecule has 0 fully saturated rings. The fraction of sp³-hybridized carbons (Fsp3) is 0.227. The van der Waals surface area contributed by atoms with Gasteiger partial charge in [-0.25, -0.2) is 9.97 Å². The van der Waals surface area contributed by atoms with Gasteiger partial charge in [0.05, 0.1) is 5.52 Å². The molecular formula is C22H20N4O2. The van der Waals surface area contributed by atoms with Gasteiger partial charge in [-0.15, -0.1) is 0 Å². The molecule has 28 heavy (non-hydrogen) atoms. The molecule has 140 valence electrons. The minimum atomic E-state index is -0.282. The third kappa shape index (κ3) is 2.78. The van der Waals surface area contributed by atoms with Gasteiger partial charge in [-0.05, 0) is 49.7 Å². The molecule has 1 unspecified atom stereocenters. The van der Waals surface area contributed by atoms with E-state index in [9.17, 15) is 0 Å². The molecule has 5 rings (SSSR count). The average molecular weight is 372 g/mol. The molecule has 1 aromatic carbocycles. The van der Waals surface area contributed by atoms with Crippen LogP contribution in [-0.4, -0.2) is 26.1 Å². The third-order valence-electron chi connectivity index (χ3n) is 4.90. The molecule has 4 aromatic rings. The summed E-state index contributed by atoms with van der Waals surface area (Å²) in [6.07, 6.45) is 5.15. The van der Waals surface area contributed by atoms with E-state index >= 15 is 0 Å². The summed E-state index contributed by atoms with van der Waals surface area (Å²) in [6.45, 7) is 4.70. The minimum absolute atomic E-state index is 0.204. The summed E-state index contributed by atoms with van der Waals surface area (Å²) >= 11 is 0. The normalized spacial score (nSPS) is 15.9. The van der Waals surface area contributed by atoms with Crippen LogP contribution in [0.15, 0.2) is 61.1 Å². The second kappa shape index (κ2) is 6.64. The quantitative estimate of drug-likeness (QED) is 0.526. The van der Waals surface area contributed by atoms with E-state index in [1.165, 1.54) is 0 Å². The van der Waals surface area contributed by atoms with Crippen molar-refractivity contribution in [3.63, 3.8) is 0 Å². The van der Waals surface area contributed by atoms with Gasteiger partial charge in [-0.2, -0.15) is 0 Å². The van der Waals surface area contributed by atoms with E-state index in [1.807, 2.05) is 42.6 Å². The standard InChI is InChI=1S/C22H20N4O2/c1-14(2)26-17-11-16(15-7-9-23-10-8-15)12-24-21(17)25-22(26)20-13-27-18-5-3-4-6-19(18)28-20/h3-12,14,20H,13H2,1-2H3. The molecule has 1 atom stereocenters. The molecule has 0 saturated carbocycles. The van der Waals surface area contributed by atoms with Crippen molar-refractivity contribution in [2.45, 2.75) is 26.0 Å². The number of imidazole rings is 1. The first kappa shape index (κ1) is 16.7. The highest BCUT2D eigenvalue weighted by molar-refractivity contribution is 5.79. The summed E-state index contributed by atoms with van der Waals surface area (Å²) in [5, 5.41) is 0. The predicted octanol–water partition coefficient (Wildman–Crippen LogP) is 4.59. The van der Waals surface area contributed by atoms with Crippen LogP contribution in [-0.2, 0) is 0 Å². The Kier molecular flexibility index (Phi) is 3.97. The lowest BCUT2D eigenvalue weighted by Crippen LogP contribution is -2.25. The molecule has 4 heterocycles. The molecule has 6 nitrogen and oxygen atoms in total. The zero-order valence-corrected chi connectivity index (χ0v) is 15.7. The molecule has 1 aliphatic rings. The first-order valence-corrected chi connectivity index (χ1v) is 9.37. The summed E-state index contributed by atoms with van der Waals surface area (Å²) in [7, 11) is 0. The van der Waals surface area contributed by atoms with E-state index in [-0.39, 0.29) is 12.1 Å². The molecule has 0 saturated heterocycles. The zero-order valence-electron chi connectivity index (χ0n) is 15.7. The Labute approximate surface area is 162 Å². The lowest BCUT2D eigenvalue weighted by atomic mass is 10.1. The smallest absolute Gasteiger partial charge is 0.190 e. The molecule has 0 aliphatic carbocycles. The molecule has 1 aliphatic heterocycles. The summed E-state index contributed by atoms with van der Waals surface area (Å²) in [5.74, 6) is 2.34. The summed E-state index contributed by atoms with van der Waals surface area (Å²) in [6, 6.07) is 14.0. The maximum absolute atomic E-state index is 6.21. The van der Waals surface area contributed by atoms with Gasteiger partial charge in [0.25, 0.3) is 0 Å². The van der Waals surface area contributed by atoms with Crippen molar-refractivity contribution in [3.05, 3.63) is 66.9 Å². The SMILES string of the molecule is CC(C)n1c(C2COc3ccccc3O2)nc2ncc(-c3ccncc3)cc21. The van der Waals surface area contributed by atoms with Crippen LogP contribution in [0.4, 0.5) is 0 Å². The van der Waals surface area contributed by atoms with Crippen molar-refractivity contribution in [3.8, 4) is 22.6 Å². The Morgan fingerprint density at radius 2 is 1.82 bits per heavy atom. The maximum Gasteiger partial charge on any atom is 0.190 e. The van der Waals surface area contributed by atoms with Gasteiger partial charge >= 0.3 is 0 Å². The van der Waals surface area contributed by atoms with Gasteiger partial charge < -0.3 is 14.0 Å². The first-order chi connectivity index (χ1) is 13.7. The molecule has 0 spiro atoms. The molecule has 6 heteroatoms. The number of hydrogen-bond acceptors (Lipinski definition) is 5. The van der Waals surface area contributed by atoms with Gasteiger partial charge in [-0.3, -0.25) is 4.98 Å². The van der Waals surface area contributed by atoms with Crippen LogP contribution >= 0.6 is 0 Å². The fourth-order valence-corrected chi connectivity index (χ4v) is 3.61. The van der Waals surface area contributed by atoms with Gasteiger partial charge in [0.15, 0.2) is 29.1 Å². The summed E-state index contributed by atoms with van der Waals surface area (Å²) < 4.78 is 14.3. The molecule has 0 N–H and O–H groups in total. The number of hydrogen-bond donors (Lipinski definition) is 0. The van der Waals surface area contributed by atoms with E-state index in [4.69, 9.17) is 14.5 Å². The van der Waals surface area contributed by atoms with Crippen LogP contribution in [0.5, 0.6) is 11.5 Å². The number of ether oxygens (including phenoxy) is 2. The first-order valence-electron chi connectivity index (χ1n) is 9.37. The van der Waals surface area contributed by atoms with Crippen LogP contribution < -0.4 is 9.47 Å². The number of rotatable bonds is 3. The number of para-hydroxylation sites is 2. The van der Waals surface area contributed by atoms with Crippen LogP contribution in [0.25, 0.3) is 22.3 Å². The second-order valence-corrected chi connectivity index (χ2v) is 7.10. The molecule has 3 aromatic heterocycles. The van der Waals surface area contributed by atoms with Crippen LogP contribution in [0.2, 0.25) is 0 Å². The van der Waals surface area contributed by atoms with E-state index in [0.717, 1.165) is 34.0 Å². The maximum atomic E-state index is 6.21. The topological polar surface area (TPSA) is 62.1 Å². The van der Waals surface area contributed by atoms with Crippen LogP contribution in [0.3, 0.4) is 0 Å². The number of aromatic nitrogens is 4. The zero-order chi connectivity index (χ0) is 19.1. The Balaban J connectivity index is 1.61. The summed E-state index contributed by atoms with van der Waals surface area (Å²) in [4.78, 5) is 13.5. The van der Waals surface area contributed by atoms with Crippen molar-refractivity contribution < 1.29 is 9.47 Å². The Morgan fingerprint density at radius 1 is 1.04 bits per heavy atom.